The minimum Gasteiger partial charge on any atom is -0.489 e. The van der Waals surface area contributed by atoms with Crippen LogP contribution in [-0.4, -0.2) is 71.4 Å². The maximum absolute atomic E-state index is 17.1. The van der Waals surface area contributed by atoms with Crippen LogP contribution in [0.5, 0.6) is 11.8 Å². The van der Waals surface area contributed by atoms with Gasteiger partial charge in [0.1, 0.15) is 53.6 Å². The summed E-state index contributed by atoms with van der Waals surface area (Å²) in [6, 6.07) is 1.41. The summed E-state index contributed by atoms with van der Waals surface area (Å²) < 4.78 is 87.9. The van der Waals surface area contributed by atoms with Gasteiger partial charge in [0, 0.05) is 23.9 Å². The second kappa shape index (κ2) is 10.8. The number of halogens is 6. The van der Waals surface area contributed by atoms with Crippen LogP contribution < -0.4 is 20.1 Å². The summed E-state index contributed by atoms with van der Waals surface area (Å²) in [7, 11) is 0. The Labute approximate surface area is 274 Å². The van der Waals surface area contributed by atoms with Crippen molar-refractivity contribution < 1.29 is 31.4 Å². The fourth-order valence-corrected chi connectivity index (χ4v) is 8.74. The van der Waals surface area contributed by atoms with Crippen molar-refractivity contribution in [3.05, 3.63) is 46.5 Å². The van der Waals surface area contributed by atoms with Crippen molar-refractivity contribution in [1.29, 1.82) is 5.26 Å². The number of aromatic nitrogens is 2. The maximum atomic E-state index is 17.1. The zero-order chi connectivity index (χ0) is 32.9. The number of thiophene rings is 1. The minimum atomic E-state index is -2.99. The molecule has 4 atom stereocenters. The number of hydrogen-bond donors (Lipinski definition) is 1. The quantitative estimate of drug-likeness (QED) is 0.171. The molecule has 3 fully saturated rings. The zero-order valence-corrected chi connectivity index (χ0v) is 26.2. The monoisotopic (exact) mass is 688 g/mol. The minimum absolute atomic E-state index is 0.0106. The van der Waals surface area contributed by atoms with Crippen molar-refractivity contribution in [3.63, 3.8) is 0 Å². The van der Waals surface area contributed by atoms with Crippen molar-refractivity contribution in [2.24, 2.45) is 0 Å². The van der Waals surface area contributed by atoms with Gasteiger partial charge in [0.05, 0.1) is 32.3 Å². The molecule has 1 aliphatic carbocycles. The van der Waals surface area contributed by atoms with Crippen molar-refractivity contribution in [2.75, 3.05) is 36.9 Å². The van der Waals surface area contributed by atoms with E-state index < -0.39 is 42.9 Å². The summed E-state index contributed by atoms with van der Waals surface area (Å²) in [4.78, 5) is 12.3. The molecule has 47 heavy (non-hydrogen) atoms. The second-order valence-electron chi connectivity index (χ2n) is 12.5. The lowest BCUT2D eigenvalue weighted by molar-refractivity contribution is 0.0849. The molecule has 2 saturated heterocycles. The van der Waals surface area contributed by atoms with Crippen LogP contribution in [0.4, 0.5) is 32.8 Å². The molecule has 5 heterocycles. The molecule has 8 rings (SSSR count). The van der Waals surface area contributed by atoms with Gasteiger partial charge in [-0.2, -0.15) is 15.2 Å². The molecular weight excluding hydrogens is 663 g/mol. The number of ether oxygens (including phenoxy) is 2. The first-order valence-electron chi connectivity index (χ1n) is 15.0. The highest BCUT2D eigenvalue weighted by molar-refractivity contribution is 7.23. The third-order valence-electron chi connectivity index (χ3n) is 9.68. The summed E-state index contributed by atoms with van der Waals surface area (Å²) >= 11 is 7.68. The molecule has 244 valence electrons. The van der Waals surface area contributed by atoms with E-state index in [1.54, 1.807) is 0 Å². The van der Waals surface area contributed by atoms with Crippen LogP contribution in [0.3, 0.4) is 0 Å². The third kappa shape index (κ3) is 4.53. The Morgan fingerprint density at radius 2 is 2.06 bits per heavy atom. The molecule has 15 heteroatoms. The number of nitriles is 1. The maximum Gasteiger partial charge on any atom is 0.319 e. The lowest BCUT2D eigenvalue weighted by Gasteiger charge is -2.32. The van der Waals surface area contributed by atoms with Crippen LogP contribution in [0, 0.1) is 23.0 Å². The van der Waals surface area contributed by atoms with E-state index >= 15 is 4.39 Å². The van der Waals surface area contributed by atoms with Crippen molar-refractivity contribution in [3.8, 4) is 29.0 Å². The highest BCUT2D eigenvalue weighted by Crippen LogP contribution is 2.53. The molecule has 0 amide bonds. The lowest BCUT2D eigenvalue weighted by Crippen LogP contribution is -2.46. The van der Waals surface area contributed by atoms with Gasteiger partial charge in [0.25, 0.3) is 6.43 Å². The van der Waals surface area contributed by atoms with Crippen LogP contribution in [0.25, 0.3) is 32.1 Å². The number of fused-ring (bicyclic) bond motifs is 2. The van der Waals surface area contributed by atoms with Crippen LogP contribution in [0.1, 0.15) is 31.2 Å². The van der Waals surface area contributed by atoms with Gasteiger partial charge in [-0.1, -0.05) is 29.8 Å². The van der Waals surface area contributed by atoms with Crippen molar-refractivity contribution in [1.82, 2.24) is 14.9 Å². The molecule has 0 radical (unpaired) electrons. The van der Waals surface area contributed by atoms with Gasteiger partial charge in [-0.3, -0.25) is 4.90 Å². The van der Waals surface area contributed by atoms with Crippen LogP contribution >= 0.6 is 22.9 Å². The SMILES string of the molecule is C=C1CN2CCC[C@@]2(COc2nc3c4c(c(Cl)c(-c5ccc(F)c6sc(N)c(C#N)c56)c(F)c4n2)OCC(C(F)F)N3C2CC2F)C1. The van der Waals surface area contributed by atoms with E-state index in [0.717, 1.165) is 53.8 Å². The Kier molecular flexibility index (Phi) is 6.99. The normalized spacial score (nSPS) is 25.4. The number of rotatable bonds is 6. The van der Waals surface area contributed by atoms with E-state index in [0.29, 0.717) is 6.42 Å². The molecule has 3 unspecified atom stereocenters. The van der Waals surface area contributed by atoms with E-state index in [2.05, 4.69) is 21.4 Å². The molecule has 3 aliphatic heterocycles. The number of alkyl halides is 3. The summed E-state index contributed by atoms with van der Waals surface area (Å²) in [5.41, 5.74) is 6.01. The number of nitrogens with two attached hydrogens (primary N) is 1. The first kappa shape index (κ1) is 30.4. The van der Waals surface area contributed by atoms with E-state index in [1.165, 1.54) is 6.07 Å². The summed E-state index contributed by atoms with van der Waals surface area (Å²) in [6.45, 7) is 5.22. The molecule has 0 spiro atoms. The highest BCUT2D eigenvalue weighted by atomic mass is 35.5. The fourth-order valence-electron chi connectivity index (χ4n) is 7.46. The Balaban J connectivity index is 1.37. The first-order chi connectivity index (χ1) is 22.5. The summed E-state index contributed by atoms with van der Waals surface area (Å²) in [5, 5.41) is 9.48. The molecule has 0 bridgehead atoms. The number of hydrogen-bond acceptors (Lipinski definition) is 9. The molecule has 1 saturated carbocycles. The van der Waals surface area contributed by atoms with Crippen molar-refractivity contribution >= 4 is 54.7 Å². The fraction of sp³-hybridized carbons (Fsp3) is 0.406. The van der Waals surface area contributed by atoms with Gasteiger partial charge in [0.15, 0.2) is 11.6 Å². The first-order valence-corrected chi connectivity index (χ1v) is 16.2. The summed E-state index contributed by atoms with van der Waals surface area (Å²) in [6.07, 6.45) is -1.97. The van der Waals surface area contributed by atoms with Crippen molar-refractivity contribution in [2.45, 2.75) is 55.9 Å². The number of nitrogens with zero attached hydrogens (tertiary/aromatic N) is 5. The highest BCUT2D eigenvalue weighted by Gasteiger charge is 2.51. The third-order valence-corrected chi connectivity index (χ3v) is 11.1. The van der Waals surface area contributed by atoms with E-state index in [4.69, 9.17) is 26.8 Å². The Hall–Kier alpha value is -3.93. The Bertz CT molecular complexity index is 2050. The van der Waals surface area contributed by atoms with Crippen LogP contribution in [-0.2, 0) is 0 Å². The number of nitrogen functional groups attached to an aromatic ring is 1. The predicted octanol–water partition coefficient (Wildman–Crippen LogP) is 7.01. The summed E-state index contributed by atoms with van der Waals surface area (Å²) in [5.74, 6) is -2.07. The number of anilines is 2. The van der Waals surface area contributed by atoms with Gasteiger partial charge in [-0.15, -0.1) is 11.3 Å². The van der Waals surface area contributed by atoms with Gasteiger partial charge in [-0.25, -0.2) is 22.0 Å². The lowest BCUT2D eigenvalue weighted by atomic mass is 9.94. The van der Waals surface area contributed by atoms with Gasteiger partial charge < -0.3 is 20.1 Å². The molecule has 2 N–H and O–H groups in total. The molecule has 8 nitrogen and oxygen atoms in total. The second-order valence-corrected chi connectivity index (χ2v) is 14.0. The predicted molar refractivity (Wildman–Crippen MR) is 168 cm³/mol. The topological polar surface area (TPSA) is 101 Å². The zero-order valence-electron chi connectivity index (χ0n) is 24.6. The van der Waals surface area contributed by atoms with Gasteiger partial charge in [-0.05, 0) is 37.4 Å². The average Bonchev–Trinajstić information content (AvgIpc) is 3.34. The van der Waals surface area contributed by atoms with Crippen LogP contribution in [0.2, 0.25) is 5.02 Å². The van der Waals surface area contributed by atoms with Crippen LogP contribution in [0.15, 0.2) is 24.3 Å². The number of benzene rings is 2. The Morgan fingerprint density at radius 1 is 1.28 bits per heavy atom. The Morgan fingerprint density at radius 3 is 2.79 bits per heavy atom. The smallest absolute Gasteiger partial charge is 0.319 e. The van der Waals surface area contributed by atoms with Gasteiger partial charge in [0.2, 0.25) is 0 Å². The van der Waals surface area contributed by atoms with E-state index in [1.807, 2.05) is 6.07 Å². The molecule has 4 aliphatic rings. The molecule has 2 aromatic carbocycles. The van der Waals surface area contributed by atoms with E-state index in [9.17, 15) is 22.8 Å². The standard InChI is InChI=1S/C32H26ClF5N6O2S/c1-13-8-32(5-2-6-43(32)10-13)12-46-31-41-25-22-26(45-11-19(28(37)38)44(30(22)42-31)18-7-17(18)35)23(33)21(24(25)36)14-3-4-16(34)27-20(14)15(9-39)29(40)47-27/h3-4,17-19,28H,1-2,5-8,10-12,40H2/t17?,18?,19?,32-/m0/s1. The van der Waals surface area contributed by atoms with Gasteiger partial charge >= 0.3 is 6.01 Å². The average molecular weight is 689 g/mol. The molecule has 2 aromatic heterocycles. The molecular formula is C32H26ClF5N6O2S. The largest absolute Gasteiger partial charge is 0.489 e. The molecule has 4 aromatic rings. The van der Waals surface area contributed by atoms with E-state index in [-0.39, 0.29) is 83.8 Å².